The Kier molecular flexibility index (Phi) is 5.67. The molecule has 0 aliphatic heterocycles. The summed E-state index contributed by atoms with van der Waals surface area (Å²) in [6.07, 6.45) is -1.46. The molecule has 0 bridgehead atoms. The smallest absolute Gasteiger partial charge is 0.416 e. The number of hydrogen-bond acceptors (Lipinski definition) is 3. The second-order valence-corrected chi connectivity index (χ2v) is 4.85. The maximum Gasteiger partial charge on any atom is 0.416 e. The minimum Gasteiger partial charge on any atom is -0.484 e. The quantitative estimate of drug-likeness (QED) is 0.793. The lowest BCUT2D eigenvalue weighted by Crippen LogP contribution is -2.29. The van der Waals surface area contributed by atoms with Gasteiger partial charge < -0.3 is 14.5 Å². The number of rotatable bonds is 7. The van der Waals surface area contributed by atoms with Crippen LogP contribution in [0.25, 0.3) is 0 Å². The van der Waals surface area contributed by atoms with Crippen LogP contribution in [0.4, 0.5) is 13.2 Å². The molecule has 1 aromatic heterocycles. The van der Waals surface area contributed by atoms with Crippen molar-refractivity contribution in [1.29, 1.82) is 0 Å². The fourth-order valence-corrected chi connectivity index (χ4v) is 1.91. The molecule has 7 heteroatoms. The maximum absolute atomic E-state index is 12.5. The lowest BCUT2D eigenvalue weighted by molar-refractivity contribution is -0.137. The molecule has 0 unspecified atom stereocenters. The van der Waals surface area contributed by atoms with Crippen molar-refractivity contribution in [3.05, 3.63) is 54.0 Å². The SMILES string of the molecule is O=C(COc1cccc(C(F)(F)F)c1)NCCCc1ccco1. The van der Waals surface area contributed by atoms with E-state index in [4.69, 9.17) is 9.15 Å². The summed E-state index contributed by atoms with van der Waals surface area (Å²) in [5.74, 6) is 0.451. The predicted octanol–water partition coefficient (Wildman–Crippen LogP) is 3.43. The molecular formula is C16H16F3NO3. The first kappa shape index (κ1) is 16.9. The van der Waals surface area contributed by atoms with Crippen LogP contribution < -0.4 is 10.1 Å². The van der Waals surface area contributed by atoms with Gasteiger partial charge in [0.1, 0.15) is 11.5 Å². The van der Waals surface area contributed by atoms with Crippen molar-refractivity contribution in [3.8, 4) is 5.75 Å². The molecule has 4 nitrogen and oxygen atoms in total. The second kappa shape index (κ2) is 7.71. The van der Waals surface area contributed by atoms with E-state index in [9.17, 15) is 18.0 Å². The number of carbonyl (C=O) groups excluding carboxylic acids is 1. The van der Waals surface area contributed by atoms with Crippen molar-refractivity contribution in [1.82, 2.24) is 5.32 Å². The molecule has 2 aromatic rings. The number of halogens is 3. The Hall–Kier alpha value is -2.44. The van der Waals surface area contributed by atoms with Gasteiger partial charge in [-0.2, -0.15) is 13.2 Å². The molecule has 1 amide bonds. The number of ether oxygens (including phenoxy) is 1. The van der Waals surface area contributed by atoms with E-state index in [-0.39, 0.29) is 18.3 Å². The Morgan fingerprint density at radius 3 is 2.74 bits per heavy atom. The normalized spacial score (nSPS) is 11.3. The molecular weight excluding hydrogens is 311 g/mol. The van der Waals surface area contributed by atoms with Gasteiger partial charge in [0.25, 0.3) is 5.91 Å². The van der Waals surface area contributed by atoms with Crippen LogP contribution in [-0.4, -0.2) is 19.1 Å². The van der Waals surface area contributed by atoms with E-state index in [1.54, 1.807) is 12.3 Å². The third-order valence-electron chi connectivity index (χ3n) is 3.03. The molecule has 0 aliphatic rings. The fourth-order valence-electron chi connectivity index (χ4n) is 1.91. The summed E-state index contributed by atoms with van der Waals surface area (Å²) in [5.41, 5.74) is -0.811. The molecule has 124 valence electrons. The average molecular weight is 327 g/mol. The van der Waals surface area contributed by atoms with Crippen molar-refractivity contribution in [2.75, 3.05) is 13.2 Å². The van der Waals surface area contributed by atoms with Gasteiger partial charge in [-0.3, -0.25) is 4.79 Å². The highest BCUT2D eigenvalue weighted by Gasteiger charge is 2.30. The van der Waals surface area contributed by atoms with Crippen molar-refractivity contribution < 1.29 is 27.1 Å². The van der Waals surface area contributed by atoms with Gasteiger partial charge in [-0.25, -0.2) is 0 Å². The van der Waals surface area contributed by atoms with Crippen LogP contribution in [-0.2, 0) is 17.4 Å². The van der Waals surface area contributed by atoms with Crippen LogP contribution in [0.2, 0.25) is 0 Å². The molecule has 0 atom stereocenters. The number of alkyl halides is 3. The average Bonchev–Trinajstić information content (AvgIpc) is 3.02. The third kappa shape index (κ3) is 5.69. The van der Waals surface area contributed by atoms with Crippen LogP contribution in [0.1, 0.15) is 17.7 Å². The molecule has 1 heterocycles. The lowest BCUT2D eigenvalue weighted by atomic mass is 10.2. The van der Waals surface area contributed by atoms with Gasteiger partial charge in [-0.1, -0.05) is 6.07 Å². The topological polar surface area (TPSA) is 51.5 Å². The number of furan rings is 1. The molecule has 2 rings (SSSR count). The zero-order valence-corrected chi connectivity index (χ0v) is 12.2. The molecule has 23 heavy (non-hydrogen) atoms. The van der Waals surface area contributed by atoms with E-state index in [2.05, 4.69) is 5.32 Å². The van der Waals surface area contributed by atoms with E-state index < -0.39 is 11.7 Å². The van der Waals surface area contributed by atoms with E-state index in [0.29, 0.717) is 19.4 Å². The van der Waals surface area contributed by atoms with Gasteiger partial charge in [0.2, 0.25) is 0 Å². The van der Waals surface area contributed by atoms with E-state index in [1.807, 2.05) is 6.07 Å². The van der Waals surface area contributed by atoms with Crippen molar-refractivity contribution in [3.63, 3.8) is 0 Å². The third-order valence-corrected chi connectivity index (χ3v) is 3.03. The Morgan fingerprint density at radius 1 is 1.22 bits per heavy atom. The Morgan fingerprint density at radius 2 is 2.04 bits per heavy atom. The van der Waals surface area contributed by atoms with Crippen molar-refractivity contribution in [2.24, 2.45) is 0 Å². The van der Waals surface area contributed by atoms with Crippen LogP contribution in [0.3, 0.4) is 0 Å². The molecule has 1 N–H and O–H groups in total. The minimum absolute atomic E-state index is 0.00515. The molecule has 1 aromatic carbocycles. The van der Waals surface area contributed by atoms with Crippen LogP contribution >= 0.6 is 0 Å². The Balaban J connectivity index is 1.70. The summed E-state index contributed by atoms with van der Waals surface area (Å²) in [4.78, 5) is 11.6. The van der Waals surface area contributed by atoms with Crippen molar-refractivity contribution >= 4 is 5.91 Å². The van der Waals surface area contributed by atoms with Crippen molar-refractivity contribution in [2.45, 2.75) is 19.0 Å². The van der Waals surface area contributed by atoms with Gasteiger partial charge in [0, 0.05) is 13.0 Å². The minimum atomic E-state index is -4.44. The highest BCUT2D eigenvalue weighted by atomic mass is 19.4. The highest BCUT2D eigenvalue weighted by Crippen LogP contribution is 2.31. The first-order chi connectivity index (χ1) is 10.9. The summed E-state index contributed by atoms with van der Waals surface area (Å²) in [7, 11) is 0. The Labute approximate surface area is 131 Å². The summed E-state index contributed by atoms with van der Waals surface area (Å²) in [6, 6.07) is 8.06. The van der Waals surface area contributed by atoms with Gasteiger partial charge in [-0.15, -0.1) is 0 Å². The van der Waals surface area contributed by atoms with E-state index >= 15 is 0 Å². The number of nitrogens with one attached hydrogen (secondary N) is 1. The maximum atomic E-state index is 12.5. The van der Waals surface area contributed by atoms with Gasteiger partial charge in [0.15, 0.2) is 6.61 Å². The van der Waals surface area contributed by atoms with Crippen LogP contribution in [0.15, 0.2) is 47.1 Å². The molecule has 0 saturated heterocycles. The number of hydrogen-bond donors (Lipinski definition) is 1. The fraction of sp³-hybridized carbons (Fsp3) is 0.312. The number of carbonyl (C=O) groups is 1. The summed E-state index contributed by atoms with van der Waals surface area (Å²) < 4.78 is 47.9. The monoisotopic (exact) mass is 327 g/mol. The summed E-state index contributed by atoms with van der Waals surface area (Å²) in [5, 5.41) is 2.63. The van der Waals surface area contributed by atoms with Gasteiger partial charge >= 0.3 is 6.18 Å². The first-order valence-electron chi connectivity index (χ1n) is 7.04. The Bertz CT molecular complexity index is 624. The number of benzene rings is 1. The van der Waals surface area contributed by atoms with Gasteiger partial charge in [0.05, 0.1) is 11.8 Å². The molecule has 0 spiro atoms. The van der Waals surface area contributed by atoms with Crippen LogP contribution in [0, 0.1) is 0 Å². The summed E-state index contributed by atoms with van der Waals surface area (Å²) in [6.45, 7) is 0.105. The number of aryl methyl sites for hydroxylation is 1. The standard InChI is InChI=1S/C16H16F3NO3/c17-16(18,19)12-4-1-5-14(10-12)23-11-15(21)20-8-2-6-13-7-3-9-22-13/h1,3-5,7,9-10H,2,6,8,11H2,(H,20,21). The zero-order valence-electron chi connectivity index (χ0n) is 12.2. The first-order valence-corrected chi connectivity index (χ1v) is 7.04. The molecule has 0 fully saturated rings. The zero-order chi connectivity index (χ0) is 16.7. The predicted molar refractivity (Wildman–Crippen MR) is 77.0 cm³/mol. The second-order valence-electron chi connectivity index (χ2n) is 4.85. The molecule has 0 radical (unpaired) electrons. The highest BCUT2D eigenvalue weighted by molar-refractivity contribution is 5.77. The van der Waals surface area contributed by atoms with E-state index in [0.717, 1.165) is 17.9 Å². The van der Waals surface area contributed by atoms with Crippen LogP contribution in [0.5, 0.6) is 5.75 Å². The largest absolute Gasteiger partial charge is 0.484 e. The number of amides is 1. The summed E-state index contributed by atoms with van der Waals surface area (Å²) >= 11 is 0. The molecule has 0 saturated carbocycles. The van der Waals surface area contributed by atoms with Gasteiger partial charge in [-0.05, 0) is 36.8 Å². The van der Waals surface area contributed by atoms with E-state index in [1.165, 1.54) is 12.1 Å². The molecule has 0 aliphatic carbocycles. The lowest BCUT2D eigenvalue weighted by Gasteiger charge is -2.10.